The molecule has 1 nitrogen and oxygen atoms in total. The van der Waals surface area contributed by atoms with E-state index in [1.807, 2.05) is 24.3 Å². The zero-order valence-electron chi connectivity index (χ0n) is 11.0. The van der Waals surface area contributed by atoms with Gasteiger partial charge in [0.2, 0.25) is 8.32 Å². The summed E-state index contributed by atoms with van der Waals surface area (Å²) in [5.74, 6) is 0.962. The Morgan fingerprint density at radius 1 is 1.12 bits per heavy atom. The van der Waals surface area contributed by atoms with Gasteiger partial charge in [0, 0.05) is 0 Å². The molecule has 0 fully saturated rings. The lowest BCUT2D eigenvalue weighted by Gasteiger charge is -2.36. The molecule has 2 radical (unpaired) electrons. The molecule has 0 aromatic heterocycles. The van der Waals surface area contributed by atoms with Crippen LogP contribution in [0, 0.1) is 0 Å². The van der Waals surface area contributed by atoms with Crippen LogP contribution in [-0.2, 0) is 6.32 Å². The second-order valence-electron chi connectivity index (χ2n) is 5.71. The summed E-state index contributed by atoms with van der Waals surface area (Å²) >= 11 is 0. The van der Waals surface area contributed by atoms with Crippen molar-refractivity contribution in [3.05, 3.63) is 29.8 Å². The second-order valence-corrected chi connectivity index (χ2v) is 10.4. The van der Waals surface area contributed by atoms with Crippen LogP contribution in [0.5, 0.6) is 5.75 Å². The summed E-state index contributed by atoms with van der Waals surface area (Å²) in [5, 5.41) is 0.236. The van der Waals surface area contributed by atoms with E-state index in [9.17, 15) is 0 Å². The standard InChI is InChI=1S/C13H21BOSi/c1-13(2,3)16(4,5)15-12-8-6-11(10-14)7-9-12/h6-9H,10H2,1-5H3. The van der Waals surface area contributed by atoms with Crippen LogP contribution in [0.4, 0.5) is 0 Å². The van der Waals surface area contributed by atoms with Crippen LogP contribution >= 0.6 is 0 Å². The Bertz CT molecular complexity index is 338. The highest BCUT2D eigenvalue weighted by molar-refractivity contribution is 6.74. The summed E-state index contributed by atoms with van der Waals surface area (Å²) in [6, 6.07) is 8.09. The minimum Gasteiger partial charge on any atom is -0.544 e. The molecule has 1 aromatic rings. The zero-order valence-corrected chi connectivity index (χ0v) is 12.0. The average Bonchev–Trinajstić information content (AvgIpc) is 2.16. The molecule has 0 amide bonds. The molecule has 1 rings (SSSR count). The lowest BCUT2D eigenvalue weighted by molar-refractivity contribution is 0.492. The molecule has 0 N–H and O–H groups in total. The third-order valence-corrected chi connectivity index (χ3v) is 7.70. The van der Waals surface area contributed by atoms with Crippen molar-refractivity contribution in [2.24, 2.45) is 0 Å². The third-order valence-electron chi connectivity index (χ3n) is 3.34. The van der Waals surface area contributed by atoms with Crippen LogP contribution in [0.15, 0.2) is 24.3 Å². The number of rotatable bonds is 3. The summed E-state index contributed by atoms with van der Waals surface area (Å²) in [6.45, 7) is 11.2. The van der Waals surface area contributed by atoms with Gasteiger partial charge in [-0.1, -0.05) is 44.8 Å². The molecule has 86 valence electrons. The van der Waals surface area contributed by atoms with E-state index in [0.29, 0.717) is 6.32 Å². The van der Waals surface area contributed by atoms with Gasteiger partial charge in [-0.25, -0.2) is 0 Å². The van der Waals surface area contributed by atoms with Gasteiger partial charge in [0.05, 0.1) is 7.85 Å². The fraction of sp³-hybridized carbons (Fsp3) is 0.538. The third kappa shape index (κ3) is 3.14. The second kappa shape index (κ2) is 4.66. The Balaban J connectivity index is 2.80. The molecule has 0 spiro atoms. The Kier molecular flexibility index (Phi) is 3.89. The average molecular weight is 232 g/mol. The van der Waals surface area contributed by atoms with Crippen molar-refractivity contribution in [2.45, 2.75) is 45.2 Å². The molecule has 0 aliphatic heterocycles. The monoisotopic (exact) mass is 232 g/mol. The van der Waals surface area contributed by atoms with Gasteiger partial charge in [-0.05, 0) is 30.3 Å². The van der Waals surface area contributed by atoms with Crippen molar-refractivity contribution in [3.63, 3.8) is 0 Å². The van der Waals surface area contributed by atoms with E-state index in [0.717, 1.165) is 11.3 Å². The quantitative estimate of drug-likeness (QED) is 0.721. The fourth-order valence-electron chi connectivity index (χ4n) is 1.14. The molecule has 3 heteroatoms. The highest BCUT2D eigenvalue weighted by atomic mass is 28.4. The molecule has 0 heterocycles. The Labute approximate surface area is 102 Å². The van der Waals surface area contributed by atoms with Gasteiger partial charge in [0.1, 0.15) is 5.75 Å². The van der Waals surface area contributed by atoms with Gasteiger partial charge >= 0.3 is 0 Å². The highest BCUT2D eigenvalue weighted by Gasteiger charge is 2.38. The molecular formula is C13H21BOSi. The Morgan fingerprint density at radius 2 is 1.62 bits per heavy atom. The van der Waals surface area contributed by atoms with Gasteiger partial charge in [0.25, 0.3) is 0 Å². The van der Waals surface area contributed by atoms with Crippen molar-refractivity contribution in [3.8, 4) is 5.75 Å². The number of hydrogen-bond acceptors (Lipinski definition) is 1. The largest absolute Gasteiger partial charge is 0.544 e. The van der Waals surface area contributed by atoms with E-state index < -0.39 is 8.32 Å². The SMILES string of the molecule is [B]Cc1ccc(O[Si](C)(C)C(C)(C)C)cc1. The van der Waals surface area contributed by atoms with Gasteiger partial charge in [-0.3, -0.25) is 0 Å². The van der Waals surface area contributed by atoms with E-state index in [4.69, 9.17) is 12.3 Å². The lowest BCUT2D eigenvalue weighted by Crippen LogP contribution is -2.43. The molecule has 0 aliphatic rings. The van der Waals surface area contributed by atoms with Gasteiger partial charge in [-0.2, -0.15) is 0 Å². The molecule has 0 saturated carbocycles. The summed E-state index contributed by atoms with van der Waals surface area (Å²) < 4.78 is 6.16. The lowest BCUT2D eigenvalue weighted by atomic mass is 9.97. The van der Waals surface area contributed by atoms with Gasteiger partial charge < -0.3 is 4.43 Å². The van der Waals surface area contributed by atoms with Crippen molar-refractivity contribution >= 4 is 16.2 Å². The summed E-state index contributed by atoms with van der Waals surface area (Å²) in [6.07, 6.45) is 0.584. The van der Waals surface area contributed by atoms with Gasteiger partial charge in [0.15, 0.2) is 0 Å². The first kappa shape index (κ1) is 13.4. The van der Waals surface area contributed by atoms with Crippen LogP contribution in [0.25, 0.3) is 0 Å². The minimum absolute atomic E-state index is 0.236. The number of benzene rings is 1. The topological polar surface area (TPSA) is 9.23 Å². The van der Waals surface area contributed by atoms with E-state index in [1.165, 1.54) is 0 Å². The molecule has 0 saturated heterocycles. The van der Waals surface area contributed by atoms with Crippen molar-refractivity contribution in [1.29, 1.82) is 0 Å². The predicted octanol–water partition coefficient (Wildman–Crippen LogP) is 3.74. The molecule has 0 unspecified atom stereocenters. The summed E-state index contributed by atoms with van der Waals surface area (Å²) in [4.78, 5) is 0. The first-order chi connectivity index (χ1) is 7.26. The maximum Gasteiger partial charge on any atom is 0.250 e. The predicted molar refractivity (Wildman–Crippen MR) is 73.7 cm³/mol. The summed E-state index contributed by atoms with van der Waals surface area (Å²) in [7, 11) is 3.86. The van der Waals surface area contributed by atoms with Crippen LogP contribution in [0.3, 0.4) is 0 Å². The minimum atomic E-state index is -1.70. The van der Waals surface area contributed by atoms with E-state index >= 15 is 0 Å². The fourth-order valence-corrected chi connectivity index (χ4v) is 2.17. The first-order valence-electron chi connectivity index (χ1n) is 5.74. The van der Waals surface area contributed by atoms with Gasteiger partial charge in [-0.15, -0.1) is 0 Å². The van der Waals surface area contributed by atoms with Crippen LogP contribution < -0.4 is 4.43 Å². The smallest absolute Gasteiger partial charge is 0.250 e. The zero-order chi connectivity index (χ0) is 12.4. The molecule has 0 aliphatic carbocycles. The van der Waals surface area contributed by atoms with E-state index in [-0.39, 0.29) is 5.04 Å². The highest BCUT2D eigenvalue weighted by Crippen LogP contribution is 2.37. The van der Waals surface area contributed by atoms with E-state index in [2.05, 4.69) is 33.9 Å². The van der Waals surface area contributed by atoms with Crippen molar-refractivity contribution < 1.29 is 4.43 Å². The van der Waals surface area contributed by atoms with Crippen molar-refractivity contribution in [2.75, 3.05) is 0 Å². The maximum atomic E-state index is 6.16. The van der Waals surface area contributed by atoms with Crippen molar-refractivity contribution in [1.82, 2.24) is 0 Å². The van der Waals surface area contributed by atoms with Crippen LogP contribution in [0.2, 0.25) is 18.1 Å². The summed E-state index contributed by atoms with van der Waals surface area (Å²) in [5.41, 5.74) is 1.14. The van der Waals surface area contributed by atoms with Crippen LogP contribution in [-0.4, -0.2) is 16.2 Å². The first-order valence-corrected chi connectivity index (χ1v) is 8.65. The van der Waals surface area contributed by atoms with E-state index in [1.54, 1.807) is 0 Å². The molecule has 0 atom stereocenters. The normalized spacial score (nSPS) is 12.6. The Morgan fingerprint density at radius 3 is 2.00 bits per heavy atom. The maximum absolute atomic E-state index is 6.16. The molecule has 1 aromatic carbocycles. The molecular weight excluding hydrogens is 211 g/mol. The van der Waals surface area contributed by atoms with Crippen LogP contribution in [0.1, 0.15) is 26.3 Å². The molecule has 0 bridgehead atoms. The molecule has 16 heavy (non-hydrogen) atoms. The Hall–Kier alpha value is -0.698. The number of hydrogen-bond donors (Lipinski definition) is 0.